The van der Waals surface area contributed by atoms with Crippen LogP contribution in [0, 0.1) is 25.6 Å². The van der Waals surface area contributed by atoms with Gasteiger partial charge in [-0.25, -0.2) is 9.18 Å². The summed E-state index contributed by atoms with van der Waals surface area (Å²) in [4.78, 5) is 46.4. The first-order chi connectivity index (χ1) is 20.2. The van der Waals surface area contributed by atoms with Crippen LogP contribution in [0.1, 0.15) is 51.9 Å². The summed E-state index contributed by atoms with van der Waals surface area (Å²) < 4.78 is 25.3. The molecule has 2 fully saturated rings. The number of nitrogens with zero attached hydrogens (tertiary/aromatic N) is 2. The standard InChI is InChI=1S/C32H37FN4O5/c1-5-35-32(40)37-28(22-6-10-23(33)11-7-22)27(30(38)25-18-19(2)42-20(25)3)26(21-8-12-24(41-4)13-9-21)29(37)31(39)36-16-14-34-15-17-36/h6-13,18,26-29,34H,5,14-17H2,1-4H3,(H,35,40). The minimum absolute atomic E-state index is 0.230. The number of furan rings is 1. The second-order valence-corrected chi connectivity index (χ2v) is 10.8. The maximum absolute atomic E-state index is 14.7. The van der Waals surface area contributed by atoms with Gasteiger partial charge in [0.25, 0.3) is 0 Å². The molecule has 1 aromatic heterocycles. The summed E-state index contributed by atoms with van der Waals surface area (Å²) >= 11 is 0. The van der Waals surface area contributed by atoms with Gasteiger partial charge in [0.05, 0.1) is 24.6 Å². The van der Waals surface area contributed by atoms with Gasteiger partial charge in [0, 0.05) is 38.6 Å². The molecule has 9 nitrogen and oxygen atoms in total. The number of hydrogen-bond acceptors (Lipinski definition) is 6. The van der Waals surface area contributed by atoms with Gasteiger partial charge in [0.1, 0.15) is 29.1 Å². The quantitative estimate of drug-likeness (QED) is 0.409. The van der Waals surface area contributed by atoms with Crippen molar-refractivity contribution in [1.29, 1.82) is 0 Å². The van der Waals surface area contributed by atoms with Crippen molar-refractivity contribution >= 4 is 17.7 Å². The lowest BCUT2D eigenvalue weighted by molar-refractivity contribution is -0.136. The highest BCUT2D eigenvalue weighted by atomic mass is 19.1. The molecule has 0 bridgehead atoms. The molecule has 4 atom stereocenters. The fourth-order valence-electron chi connectivity index (χ4n) is 6.36. The maximum atomic E-state index is 14.7. The summed E-state index contributed by atoms with van der Waals surface area (Å²) in [5, 5.41) is 6.14. The number of ether oxygens (including phenoxy) is 1. The number of carbonyl (C=O) groups is 3. The second-order valence-electron chi connectivity index (χ2n) is 10.8. The molecule has 2 aromatic carbocycles. The molecule has 10 heteroatoms. The Morgan fingerprint density at radius 3 is 2.24 bits per heavy atom. The highest BCUT2D eigenvalue weighted by Gasteiger charge is 2.58. The van der Waals surface area contributed by atoms with Crippen molar-refractivity contribution in [3.05, 3.63) is 88.6 Å². The number of aryl methyl sites for hydroxylation is 2. The predicted octanol–water partition coefficient (Wildman–Crippen LogP) is 4.21. The number of nitrogens with one attached hydrogen (secondary N) is 2. The van der Waals surface area contributed by atoms with Crippen LogP contribution in [0.5, 0.6) is 5.75 Å². The zero-order chi connectivity index (χ0) is 30.0. The average Bonchev–Trinajstić information content (AvgIpc) is 3.54. The van der Waals surface area contributed by atoms with E-state index in [2.05, 4.69) is 10.6 Å². The fourth-order valence-corrected chi connectivity index (χ4v) is 6.36. The Labute approximate surface area is 245 Å². The highest BCUT2D eigenvalue weighted by Crippen LogP contribution is 2.52. The van der Waals surface area contributed by atoms with Crippen LogP contribution in [0.15, 0.2) is 59.0 Å². The minimum atomic E-state index is -1.000. The molecule has 4 unspecified atom stereocenters. The molecule has 0 radical (unpaired) electrons. The summed E-state index contributed by atoms with van der Waals surface area (Å²) in [5.74, 6) is -0.827. The van der Waals surface area contributed by atoms with Gasteiger partial charge in [-0.3, -0.25) is 9.59 Å². The second kappa shape index (κ2) is 12.4. The molecule has 0 saturated carbocycles. The fraction of sp³-hybridized carbons (Fsp3) is 0.406. The van der Waals surface area contributed by atoms with E-state index in [-0.39, 0.29) is 11.7 Å². The van der Waals surface area contributed by atoms with Crippen molar-refractivity contribution in [3.63, 3.8) is 0 Å². The lowest BCUT2D eigenvalue weighted by Gasteiger charge is -2.36. The summed E-state index contributed by atoms with van der Waals surface area (Å²) in [7, 11) is 1.57. The molecule has 3 heterocycles. The number of carbonyl (C=O) groups excluding carboxylic acids is 3. The smallest absolute Gasteiger partial charge is 0.318 e. The third-order valence-corrected chi connectivity index (χ3v) is 8.23. The van der Waals surface area contributed by atoms with Crippen LogP contribution in [0.4, 0.5) is 9.18 Å². The Balaban J connectivity index is 1.76. The molecular formula is C32H37FN4O5. The van der Waals surface area contributed by atoms with Crippen LogP contribution in [0.3, 0.4) is 0 Å². The summed E-state index contributed by atoms with van der Waals surface area (Å²) in [6.45, 7) is 7.85. The Morgan fingerprint density at radius 2 is 1.67 bits per heavy atom. The first kappa shape index (κ1) is 29.3. The zero-order valence-electron chi connectivity index (χ0n) is 24.4. The number of amides is 3. The number of rotatable bonds is 7. The maximum Gasteiger partial charge on any atom is 0.318 e. The van der Waals surface area contributed by atoms with Crippen molar-refractivity contribution in [1.82, 2.24) is 20.4 Å². The Bertz CT molecular complexity index is 1430. The van der Waals surface area contributed by atoms with Gasteiger partial charge in [0.15, 0.2) is 5.78 Å². The monoisotopic (exact) mass is 576 g/mol. The highest BCUT2D eigenvalue weighted by molar-refractivity contribution is 6.02. The van der Waals surface area contributed by atoms with Gasteiger partial charge in [-0.15, -0.1) is 0 Å². The van der Waals surface area contributed by atoms with Crippen molar-refractivity contribution in [2.45, 2.75) is 38.8 Å². The lowest BCUT2D eigenvalue weighted by atomic mass is 9.76. The van der Waals surface area contributed by atoms with Crippen LogP contribution in [-0.2, 0) is 4.79 Å². The Hall–Kier alpha value is -4.18. The van der Waals surface area contributed by atoms with Crippen molar-refractivity contribution < 1.29 is 27.9 Å². The third-order valence-electron chi connectivity index (χ3n) is 8.23. The van der Waals surface area contributed by atoms with E-state index in [0.717, 1.165) is 5.56 Å². The third kappa shape index (κ3) is 5.51. The number of hydrogen-bond donors (Lipinski definition) is 2. The van der Waals surface area contributed by atoms with E-state index in [4.69, 9.17) is 9.15 Å². The molecule has 2 saturated heterocycles. The average molecular weight is 577 g/mol. The van der Waals surface area contributed by atoms with E-state index < -0.39 is 35.8 Å². The van der Waals surface area contributed by atoms with Crippen LogP contribution in [0.2, 0.25) is 0 Å². The van der Waals surface area contributed by atoms with Crippen LogP contribution >= 0.6 is 0 Å². The normalized spacial score (nSPS) is 22.2. The van der Waals surface area contributed by atoms with E-state index in [1.807, 2.05) is 12.1 Å². The van der Waals surface area contributed by atoms with Gasteiger partial charge >= 0.3 is 6.03 Å². The molecule has 2 aliphatic heterocycles. The summed E-state index contributed by atoms with van der Waals surface area (Å²) in [5.41, 5.74) is 1.68. The number of benzene rings is 2. The van der Waals surface area contributed by atoms with Gasteiger partial charge in [0.2, 0.25) is 5.91 Å². The lowest BCUT2D eigenvalue weighted by Crippen LogP contribution is -2.56. The van der Waals surface area contributed by atoms with E-state index in [0.29, 0.717) is 61.1 Å². The molecule has 2 N–H and O–H groups in total. The van der Waals surface area contributed by atoms with Crippen molar-refractivity contribution in [2.24, 2.45) is 5.92 Å². The first-order valence-electron chi connectivity index (χ1n) is 14.3. The topological polar surface area (TPSA) is 104 Å². The van der Waals surface area contributed by atoms with Gasteiger partial charge in [-0.2, -0.15) is 0 Å². The number of piperazine rings is 1. The van der Waals surface area contributed by atoms with E-state index in [1.165, 1.54) is 17.0 Å². The molecule has 222 valence electrons. The molecule has 42 heavy (non-hydrogen) atoms. The number of likely N-dealkylation sites (tertiary alicyclic amines) is 1. The molecule has 2 aliphatic rings. The van der Waals surface area contributed by atoms with E-state index in [1.54, 1.807) is 63.1 Å². The predicted molar refractivity (Wildman–Crippen MR) is 155 cm³/mol. The first-order valence-corrected chi connectivity index (χ1v) is 14.3. The van der Waals surface area contributed by atoms with Gasteiger partial charge in [-0.1, -0.05) is 24.3 Å². The van der Waals surface area contributed by atoms with Gasteiger partial charge in [-0.05, 0) is 62.2 Å². The molecule has 3 amide bonds. The number of ketones is 1. The van der Waals surface area contributed by atoms with Crippen LogP contribution in [0.25, 0.3) is 0 Å². The van der Waals surface area contributed by atoms with Crippen molar-refractivity contribution in [2.75, 3.05) is 39.8 Å². The Kier molecular flexibility index (Phi) is 8.63. The molecule has 5 rings (SSSR count). The molecule has 3 aromatic rings. The number of urea groups is 1. The van der Waals surface area contributed by atoms with Gasteiger partial charge < -0.3 is 29.6 Å². The molecule has 0 spiro atoms. The molecule has 0 aliphatic carbocycles. The van der Waals surface area contributed by atoms with Crippen molar-refractivity contribution in [3.8, 4) is 5.75 Å². The number of methoxy groups -OCH3 is 1. The summed E-state index contributed by atoms with van der Waals surface area (Å²) in [6, 6.07) is 12.4. The molecular weight excluding hydrogens is 539 g/mol. The van der Waals surface area contributed by atoms with Crippen LogP contribution < -0.4 is 15.4 Å². The van der Waals surface area contributed by atoms with E-state index >= 15 is 0 Å². The van der Waals surface area contributed by atoms with E-state index in [9.17, 15) is 18.8 Å². The largest absolute Gasteiger partial charge is 0.497 e. The zero-order valence-corrected chi connectivity index (χ0v) is 24.4. The van der Waals surface area contributed by atoms with Crippen LogP contribution in [-0.4, -0.2) is 73.4 Å². The number of halogens is 1. The SMILES string of the molecule is CCNC(=O)N1C(C(=O)N2CCNCC2)C(c2ccc(OC)cc2)C(C(=O)c2cc(C)oc2C)C1c1ccc(F)cc1. The number of Topliss-reactive ketones (excluding diaryl/α,β-unsaturated/α-hetero) is 1. The Morgan fingerprint density at radius 1 is 1.02 bits per heavy atom. The summed E-state index contributed by atoms with van der Waals surface area (Å²) in [6.07, 6.45) is 0. The minimum Gasteiger partial charge on any atom is -0.497 e.